The molecule has 0 heterocycles. The Morgan fingerprint density at radius 1 is 0.967 bits per heavy atom. The molecule has 0 aliphatic carbocycles. The van der Waals surface area contributed by atoms with E-state index in [9.17, 15) is 19.2 Å². The third-order valence-corrected chi connectivity index (χ3v) is 5.47. The summed E-state index contributed by atoms with van der Waals surface area (Å²) in [5, 5.41) is 16.8. The van der Waals surface area contributed by atoms with Crippen molar-refractivity contribution >= 4 is 35.5 Å². The first-order valence-corrected chi connectivity index (χ1v) is 11.7. The lowest BCUT2D eigenvalue weighted by Crippen LogP contribution is -2.58. The predicted molar refractivity (Wildman–Crippen MR) is 119 cm³/mol. The fourth-order valence-electron chi connectivity index (χ4n) is 2.72. The zero-order valence-corrected chi connectivity index (χ0v) is 19.7. The van der Waals surface area contributed by atoms with Crippen LogP contribution >= 0.6 is 11.8 Å². The smallest absolute Gasteiger partial charge is 0.325 e. The van der Waals surface area contributed by atoms with Gasteiger partial charge in [-0.1, -0.05) is 34.1 Å². The van der Waals surface area contributed by atoms with Gasteiger partial charge in [0, 0.05) is 0 Å². The molecule has 0 aromatic carbocycles. The van der Waals surface area contributed by atoms with Crippen LogP contribution in [0.4, 0.5) is 0 Å². The van der Waals surface area contributed by atoms with Crippen LogP contribution in [0.5, 0.6) is 0 Å². The largest absolute Gasteiger partial charge is 0.480 e. The van der Waals surface area contributed by atoms with E-state index in [1.54, 1.807) is 6.92 Å². The third-order valence-electron chi connectivity index (χ3n) is 4.83. The quantitative estimate of drug-likeness (QED) is 0.264. The maximum absolute atomic E-state index is 12.9. The van der Waals surface area contributed by atoms with Gasteiger partial charge in [-0.15, -0.1) is 0 Å². The Morgan fingerprint density at radius 3 is 2.03 bits per heavy atom. The number of aliphatic carboxylic acids is 1. The van der Waals surface area contributed by atoms with Gasteiger partial charge < -0.3 is 26.8 Å². The zero-order chi connectivity index (χ0) is 23.4. The molecular formula is C20H38N4O5S. The van der Waals surface area contributed by atoms with Gasteiger partial charge in [0.15, 0.2) is 0 Å². The molecule has 0 saturated carbocycles. The lowest BCUT2D eigenvalue weighted by molar-refractivity contribution is -0.142. The summed E-state index contributed by atoms with van der Waals surface area (Å²) in [7, 11) is 0. The fraction of sp³-hybridized carbons (Fsp3) is 0.800. The van der Waals surface area contributed by atoms with Crippen molar-refractivity contribution in [3.05, 3.63) is 0 Å². The Kier molecular flexibility index (Phi) is 13.4. The molecule has 5 unspecified atom stereocenters. The minimum Gasteiger partial charge on any atom is -0.480 e. The molecule has 0 radical (unpaired) electrons. The maximum Gasteiger partial charge on any atom is 0.325 e. The summed E-state index contributed by atoms with van der Waals surface area (Å²) in [5.74, 6) is -1.99. The van der Waals surface area contributed by atoms with Gasteiger partial charge in [-0.25, -0.2) is 0 Å². The van der Waals surface area contributed by atoms with Crippen LogP contribution in [0.15, 0.2) is 0 Å². The summed E-state index contributed by atoms with van der Waals surface area (Å²) in [6, 6.07) is -3.55. The summed E-state index contributed by atoms with van der Waals surface area (Å²) in [6.07, 6.45) is 3.37. The average Bonchev–Trinajstić information content (AvgIpc) is 2.67. The average molecular weight is 447 g/mol. The van der Waals surface area contributed by atoms with Crippen LogP contribution in [0.1, 0.15) is 53.9 Å². The fourth-order valence-corrected chi connectivity index (χ4v) is 3.19. The molecular weight excluding hydrogens is 408 g/mol. The first-order valence-electron chi connectivity index (χ1n) is 10.3. The van der Waals surface area contributed by atoms with E-state index in [-0.39, 0.29) is 11.8 Å². The Hall–Kier alpha value is -1.81. The van der Waals surface area contributed by atoms with E-state index in [0.29, 0.717) is 25.0 Å². The second kappa shape index (κ2) is 14.2. The first-order chi connectivity index (χ1) is 13.9. The summed E-state index contributed by atoms with van der Waals surface area (Å²) < 4.78 is 0. The Labute approximate surface area is 183 Å². The molecule has 9 nitrogen and oxygen atoms in total. The number of carboxylic acids is 1. The van der Waals surface area contributed by atoms with Crippen molar-refractivity contribution in [1.82, 2.24) is 16.0 Å². The molecule has 3 amide bonds. The van der Waals surface area contributed by atoms with E-state index in [1.807, 2.05) is 27.0 Å². The SMILES string of the molecule is CCC(C)C(NC(=O)C(CCSC)NC(=O)C(N)CC(C)C)C(=O)NC(C)C(=O)O. The van der Waals surface area contributed by atoms with Crippen molar-refractivity contribution in [2.24, 2.45) is 17.6 Å². The summed E-state index contributed by atoms with van der Waals surface area (Å²) in [5.41, 5.74) is 5.93. The van der Waals surface area contributed by atoms with E-state index in [1.165, 1.54) is 18.7 Å². The highest BCUT2D eigenvalue weighted by molar-refractivity contribution is 7.98. The standard InChI is InChI=1S/C20H38N4O5S/c1-7-12(4)16(19(27)22-13(5)20(28)29)24-18(26)15(8-9-30-6)23-17(25)14(21)10-11(2)3/h11-16H,7-10,21H2,1-6H3,(H,22,27)(H,23,25)(H,24,26)(H,28,29). The second-order valence-corrected chi connectivity index (χ2v) is 9.00. The molecule has 0 rings (SSSR count). The number of nitrogens with two attached hydrogens (primary N) is 1. The van der Waals surface area contributed by atoms with Gasteiger partial charge in [-0.2, -0.15) is 11.8 Å². The number of nitrogens with one attached hydrogen (secondary N) is 3. The Morgan fingerprint density at radius 2 is 1.57 bits per heavy atom. The highest BCUT2D eigenvalue weighted by Gasteiger charge is 2.31. The number of carbonyl (C=O) groups excluding carboxylic acids is 3. The lowest BCUT2D eigenvalue weighted by atomic mass is 9.97. The van der Waals surface area contributed by atoms with Crippen molar-refractivity contribution in [1.29, 1.82) is 0 Å². The molecule has 0 bridgehead atoms. The number of carbonyl (C=O) groups is 4. The number of thioether (sulfide) groups is 1. The number of rotatable bonds is 14. The Balaban J connectivity index is 5.34. The molecule has 0 fully saturated rings. The minimum absolute atomic E-state index is 0.227. The van der Waals surface area contributed by atoms with Crippen LogP contribution in [0.2, 0.25) is 0 Å². The molecule has 174 valence electrons. The molecule has 0 aromatic rings. The normalized spacial score (nSPS) is 16.1. The van der Waals surface area contributed by atoms with E-state index < -0.39 is 47.9 Å². The highest BCUT2D eigenvalue weighted by atomic mass is 32.2. The Bertz CT molecular complexity index is 588. The van der Waals surface area contributed by atoms with Crippen LogP contribution in [0.3, 0.4) is 0 Å². The van der Waals surface area contributed by atoms with Gasteiger partial charge in [0.2, 0.25) is 17.7 Å². The van der Waals surface area contributed by atoms with Crippen molar-refractivity contribution in [2.75, 3.05) is 12.0 Å². The molecule has 0 aliphatic rings. The molecule has 0 aromatic heterocycles. The van der Waals surface area contributed by atoms with Crippen LogP contribution in [0, 0.1) is 11.8 Å². The topological polar surface area (TPSA) is 151 Å². The maximum atomic E-state index is 12.9. The second-order valence-electron chi connectivity index (χ2n) is 8.02. The molecule has 0 aliphatic heterocycles. The number of amides is 3. The van der Waals surface area contributed by atoms with Gasteiger partial charge in [0.1, 0.15) is 18.1 Å². The van der Waals surface area contributed by atoms with Gasteiger partial charge in [0.05, 0.1) is 6.04 Å². The summed E-state index contributed by atoms with van der Waals surface area (Å²) >= 11 is 1.53. The van der Waals surface area contributed by atoms with Gasteiger partial charge in [0.25, 0.3) is 0 Å². The van der Waals surface area contributed by atoms with Crippen molar-refractivity contribution < 1.29 is 24.3 Å². The minimum atomic E-state index is -1.16. The van der Waals surface area contributed by atoms with E-state index in [4.69, 9.17) is 10.8 Å². The van der Waals surface area contributed by atoms with E-state index in [0.717, 1.165) is 0 Å². The number of hydrogen-bond acceptors (Lipinski definition) is 6. The third kappa shape index (κ3) is 10.3. The molecule has 0 spiro atoms. The van der Waals surface area contributed by atoms with Crippen molar-refractivity contribution in [3.63, 3.8) is 0 Å². The monoisotopic (exact) mass is 446 g/mol. The summed E-state index contributed by atoms with van der Waals surface area (Å²) in [4.78, 5) is 49.0. The van der Waals surface area contributed by atoms with E-state index in [2.05, 4.69) is 16.0 Å². The molecule has 5 atom stereocenters. The van der Waals surface area contributed by atoms with Gasteiger partial charge in [-0.3, -0.25) is 19.2 Å². The van der Waals surface area contributed by atoms with E-state index >= 15 is 0 Å². The molecule has 0 saturated heterocycles. The van der Waals surface area contributed by atoms with Gasteiger partial charge >= 0.3 is 5.97 Å². The molecule has 6 N–H and O–H groups in total. The highest BCUT2D eigenvalue weighted by Crippen LogP contribution is 2.11. The van der Waals surface area contributed by atoms with Crippen LogP contribution in [-0.4, -0.2) is 65.0 Å². The van der Waals surface area contributed by atoms with Crippen LogP contribution < -0.4 is 21.7 Å². The van der Waals surface area contributed by atoms with Crippen molar-refractivity contribution in [2.45, 2.75) is 78.0 Å². The zero-order valence-electron chi connectivity index (χ0n) is 18.9. The molecule has 10 heteroatoms. The van der Waals surface area contributed by atoms with Gasteiger partial charge in [-0.05, 0) is 43.6 Å². The van der Waals surface area contributed by atoms with Crippen LogP contribution in [-0.2, 0) is 19.2 Å². The predicted octanol–water partition coefficient (Wildman–Crippen LogP) is 0.718. The van der Waals surface area contributed by atoms with Crippen LogP contribution in [0.25, 0.3) is 0 Å². The summed E-state index contributed by atoms with van der Waals surface area (Å²) in [6.45, 7) is 8.93. The van der Waals surface area contributed by atoms with Crippen molar-refractivity contribution in [3.8, 4) is 0 Å². The molecule has 30 heavy (non-hydrogen) atoms. The first kappa shape index (κ1) is 28.2. The number of hydrogen-bond donors (Lipinski definition) is 5. The lowest BCUT2D eigenvalue weighted by Gasteiger charge is -2.27. The number of carboxylic acid groups (broad SMARTS) is 1.